The van der Waals surface area contributed by atoms with Crippen molar-refractivity contribution in [3.05, 3.63) is 33.0 Å². The Labute approximate surface area is 79.7 Å². The van der Waals surface area contributed by atoms with E-state index in [1.54, 1.807) is 0 Å². The van der Waals surface area contributed by atoms with Crippen molar-refractivity contribution in [2.24, 2.45) is 5.11 Å². The van der Waals surface area contributed by atoms with Gasteiger partial charge in [-0.2, -0.15) is 5.26 Å². The number of esters is 1. The summed E-state index contributed by atoms with van der Waals surface area (Å²) in [6.45, 7) is 2.96. The number of nitriles is 1. The SMILES string of the molecule is CC1=C(N=[N+]=[N-])/C(=C(/C)C#N)OC1=O. The molecule has 0 saturated heterocycles. The predicted molar refractivity (Wildman–Crippen MR) is 46.3 cm³/mol. The van der Waals surface area contributed by atoms with E-state index in [1.165, 1.54) is 13.8 Å². The topological polar surface area (TPSA) is 98.9 Å². The van der Waals surface area contributed by atoms with Crippen LogP contribution in [-0.2, 0) is 9.53 Å². The smallest absolute Gasteiger partial charge is 0.339 e. The van der Waals surface area contributed by atoms with Gasteiger partial charge in [-0.3, -0.25) is 0 Å². The maximum Gasteiger partial charge on any atom is 0.339 e. The van der Waals surface area contributed by atoms with Gasteiger partial charge in [-0.1, -0.05) is 5.11 Å². The van der Waals surface area contributed by atoms with Crippen molar-refractivity contribution in [2.45, 2.75) is 13.8 Å². The van der Waals surface area contributed by atoms with E-state index in [9.17, 15) is 4.79 Å². The van der Waals surface area contributed by atoms with Crippen molar-refractivity contribution in [1.82, 2.24) is 0 Å². The molecule has 0 radical (unpaired) electrons. The van der Waals surface area contributed by atoms with Gasteiger partial charge >= 0.3 is 5.97 Å². The molecule has 1 heterocycles. The van der Waals surface area contributed by atoms with Gasteiger partial charge in [-0.25, -0.2) is 4.79 Å². The minimum absolute atomic E-state index is 0.0489. The lowest BCUT2D eigenvalue weighted by molar-refractivity contribution is -0.133. The van der Waals surface area contributed by atoms with Crippen LogP contribution < -0.4 is 0 Å². The molecule has 0 spiro atoms. The van der Waals surface area contributed by atoms with E-state index in [1.807, 2.05) is 6.07 Å². The predicted octanol–water partition coefficient (Wildman–Crippen LogP) is 1.93. The fourth-order valence-electron chi connectivity index (χ4n) is 0.955. The summed E-state index contributed by atoms with van der Waals surface area (Å²) in [7, 11) is 0. The van der Waals surface area contributed by atoms with Gasteiger partial charge in [0.1, 0.15) is 0 Å². The lowest BCUT2D eigenvalue weighted by Crippen LogP contribution is -1.95. The van der Waals surface area contributed by atoms with Crippen LogP contribution >= 0.6 is 0 Å². The molecule has 6 heteroatoms. The number of cyclic esters (lactones) is 1. The summed E-state index contributed by atoms with van der Waals surface area (Å²) in [5.74, 6) is -0.537. The summed E-state index contributed by atoms with van der Waals surface area (Å²) in [6, 6.07) is 1.82. The first-order valence-electron chi connectivity index (χ1n) is 3.71. The average Bonchev–Trinajstić information content (AvgIpc) is 2.45. The molecular weight excluding hydrogens is 184 g/mol. The third kappa shape index (κ3) is 1.44. The highest BCUT2D eigenvalue weighted by atomic mass is 16.5. The fourth-order valence-corrected chi connectivity index (χ4v) is 0.955. The lowest BCUT2D eigenvalue weighted by atomic mass is 10.2. The van der Waals surface area contributed by atoms with Crippen LogP contribution in [0, 0.1) is 11.3 Å². The number of ether oxygens (including phenoxy) is 1. The Hall–Kier alpha value is -2.25. The minimum atomic E-state index is -0.586. The lowest BCUT2D eigenvalue weighted by Gasteiger charge is -1.97. The van der Waals surface area contributed by atoms with Gasteiger partial charge in [0, 0.05) is 10.5 Å². The fraction of sp³-hybridized carbons (Fsp3) is 0.250. The zero-order valence-corrected chi connectivity index (χ0v) is 7.61. The molecule has 1 aliphatic heterocycles. The molecule has 0 aromatic heterocycles. The first-order valence-corrected chi connectivity index (χ1v) is 3.71. The molecule has 1 rings (SSSR count). The van der Waals surface area contributed by atoms with Crippen molar-refractivity contribution in [3.63, 3.8) is 0 Å². The van der Waals surface area contributed by atoms with E-state index in [2.05, 4.69) is 10.0 Å². The Morgan fingerprint density at radius 1 is 1.71 bits per heavy atom. The normalized spacial score (nSPS) is 18.5. The molecule has 0 amide bonds. The third-order valence-corrected chi connectivity index (χ3v) is 1.72. The van der Waals surface area contributed by atoms with Crippen molar-refractivity contribution >= 4 is 5.97 Å². The summed E-state index contributed by atoms with van der Waals surface area (Å²) in [6.07, 6.45) is 0. The second-order valence-corrected chi connectivity index (χ2v) is 2.62. The maximum absolute atomic E-state index is 11.1. The molecule has 0 bridgehead atoms. The summed E-state index contributed by atoms with van der Waals surface area (Å²) in [5.41, 5.74) is 8.77. The monoisotopic (exact) mass is 190 g/mol. The van der Waals surface area contributed by atoms with E-state index in [0.717, 1.165) is 0 Å². The molecule has 0 fully saturated rings. The van der Waals surface area contributed by atoms with Crippen LogP contribution in [0.5, 0.6) is 0 Å². The minimum Gasteiger partial charge on any atom is -0.422 e. The Kier molecular flexibility index (Phi) is 2.56. The molecule has 1 aliphatic rings. The Balaban J connectivity index is 3.37. The van der Waals surface area contributed by atoms with E-state index in [4.69, 9.17) is 15.5 Å². The van der Waals surface area contributed by atoms with Gasteiger partial charge in [0.15, 0.2) is 5.76 Å². The second-order valence-electron chi connectivity index (χ2n) is 2.62. The zero-order valence-electron chi connectivity index (χ0n) is 7.61. The van der Waals surface area contributed by atoms with E-state index < -0.39 is 5.97 Å². The van der Waals surface area contributed by atoms with Crippen LogP contribution in [0.1, 0.15) is 13.8 Å². The van der Waals surface area contributed by atoms with E-state index >= 15 is 0 Å². The Bertz CT molecular complexity index is 446. The number of carbonyl (C=O) groups is 1. The van der Waals surface area contributed by atoms with Crippen LogP contribution in [0.2, 0.25) is 0 Å². The highest BCUT2D eigenvalue weighted by Gasteiger charge is 2.27. The highest BCUT2D eigenvalue weighted by molar-refractivity contribution is 5.94. The molecule has 0 unspecified atom stereocenters. The third-order valence-electron chi connectivity index (χ3n) is 1.72. The molecular formula is C8H6N4O2. The summed E-state index contributed by atoms with van der Waals surface area (Å²) < 4.78 is 4.77. The van der Waals surface area contributed by atoms with Crippen LogP contribution in [0.25, 0.3) is 10.4 Å². The molecule has 6 nitrogen and oxygen atoms in total. The van der Waals surface area contributed by atoms with Crippen LogP contribution in [0.15, 0.2) is 27.7 Å². The zero-order chi connectivity index (χ0) is 10.7. The number of rotatable bonds is 1. The molecule has 0 aromatic rings. The number of azide groups is 1. The Morgan fingerprint density at radius 3 is 2.86 bits per heavy atom. The van der Waals surface area contributed by atoms with Crippen molar-refractivity contribution < 1.29 is 9.53 Å². The quantitative estimate of drug-likeness (QED) is 0.207. The average molecular weight is 190 g/mol. The Morgan fingerprint density at radius 2 is 2.36 bits per heavy atom. The van der Waals surface area contributed by atoms with Gasteiger partial charge in [0.25, 0.3) is 0 Å². The molecule has 0 aliphatic carbocycles. The second kappa shape index (κ2) is 3.64. The van der Waals surface area contributed by atoms with Crippen molar-refractivity contribution in [3.8, 4) is 6.07 Å². The van der Waals surface area contributed by atoms with Crippen LogP contribution in [0.3, 0.4) is 0 Å². The molecule has 0 saturated carbocycles. The van der Waals surface area contributed by atoms with E-state index in [0.29, 0.717) is 0 Å². The summed E-state index contributed by atoms with van der Waals surface area (Å²) in [5, 5.41) is 11.9. The number of hydrogen-bond acceptors (Lipinski definition) is 4. The summed E-state index contributed by atoms with van der Waals surface area (Å²) >= 11 is 0. The highest BCUT2D eigenvalue weighted by Crippen LogP contribution is 2.29. The van der Waals surface area contributed by atoms with Gasteiger partial charge in [0.05, 0.1) is 17.3 Å². The first-order chi connectivity index (χ1) is 6.61. The number of carbonyl (C=O) groups excluding carboxylic acids is 1. The first kappa shape index (κ1) is 9.84. The number of allylic oxidation sites excluding steroid dienone is 1. The summed E-state index contributed by atoms with van der Waals surface area (Å²) in [4.78, 5) is 13.6. The van der Waals surface area contributed by atoms with Crippen molar-refractivity contribution in [2.75, 3.05) is 0 Å². The number of hydrogen-bond donors (Lipinski definition) is 0. The van der Waals surface area contributed by atoms with Crippen LogP contribution in [-0.4, -0.2) is 5.97 Å². The standard InChI is InChI=1S/C8H6N4O2/c1-4(3-9)7-6(11-12-10)5(2)8(13)14-7/h1-2H3/b7-4+. The maximum atomic E-state index is 11.1. The van der Waals surface area contributed by atoms with Gasteiger partial charge in [-0.15, -0.1) is 0 Å². The van der Waals surface area contributed by atoms with Crippen molar-refractivity contribution in [1.29, 1.82) is 5.26 Å². The van der Waals surface area contributed by atoms with E-state index in [-0.39, 0.29) is 22.6 Å². The molecule has 70 valence electrons. The molecule has 0 aromatic carbocycles. The van der Waals surface area contributed by atoms with Gasteiger partial charge < -0.3 is 4.74 Å². The molecule has 14 heavy (non-hydrogen) atoms. The molecule has 0 atom stereocenters. The largest absolute Gasteiger partial charge is 0.422 e. The van der Waals surface area contributed by atoms with Crippen LogP contribution in [0.4, 0.5) is 0 Å². The number of nitrogens with zero attached hydrogens (tertiary/aromatic N) is 4. The molecule has 0 N–H and O–H groups in total. The van der Waals surface area contributed by atoms with Gasteiger partial charge in [0.2, 0.25) is 0 Å². The van der Waals surface area contributed by atoms with Gasteiger partial charge in [-0.05, 0) is 19.4 Å².